The molecule has 0 fully saturated rings. The lowest BCUT2D eigenvalue weighted by molar-refractivity contribution is 0.0535. The fourth-order valence-corrected chi connectivity index (χ4v) is 3.15. The molecule has 3 aromatic rings. The van der Waals surface area contributed by atoms with Crippen molar-refractivity contribution in [3.8, 4) is 5.82 Å². The van der Waals surface area contributed by atoms with Gasteiger partial charge in [0.25, 0.3) is 0 Å². The number of aromatic nitrogens is 5. The average molecular weight is 364 g/mol. The van der Waals surface area contributed by atoms with E-state index in [1.54, 1.807) is 6.92 Å². The number of tetrazole rings is 1. The number of esters is 1. The summed E-state index contributed by atoms with van der Waals surface area (Å²) in [6, 6.07) is 7.76. The Bertz CT molecular complexity index is 980. The van der Waals surface area contributed by atoms with Crippen molar-refractivity contribution < 1.29 is 9.53 Å². The van der Waals surface area contributed by atoms with Gasteiger partial charge in [-0.3, -0.25) is 0 Å². The molecule has 4 rings (SSSR count). The van der Waals surface area contributed by atoms with Crippen LogP contribution in [0.3, 0.4) is 0 Å². The third-order valence-electron chi connectivity index (χ3n) is 4.71. The zero-order chi connectivity index (χ0) is 18.8. The summed E-state index contributed by atoms with van der Waals surface area (Å²) < 4.78 is 5.11. The molecule has 0 amide bonds. The number of pyridine rings is 1. The molecule has 1 aliphatic rings. The lowest BCUT2D eigenvalue weighted by Crippen LogP contribution is -2.17. The second kappa shape index (κ2) is 7.24. The maximum absolute atomic E-state index is 11.6. The molecule has 3 heterocycles. The summed E-state index contributed by atoms with van der Waals surface area (Å²) in [5.41, 5.74) is 5.20. The van der Waals surface area contributed by atoms with Gasteiger partial charge >= 0.3 is 5.97 Å². The van der Waals surface area contributed by atoms with Gasteiger partial charge in [-0.2, -0.15) is 0 Å². The molecule has 1 aromatic carbocycles. The Kier molecular flexibility index (Phi) is 4.64. The van der Waals surface area contributed by atoms with Crippen LogP contribution in [0.2, 0.25) is 0 Å². The number of benzene rings is 1. The summed E-state index contributed by atoms with van der Waals surface area (Å²) in [7, 11) is 0. The zero-order valence-electron chi connectivity index (χ0n) is 15.3. The normalized spacial score (nSPS) is 12.9. The summed E-state index contributed by atoms with van der Waals surface area (Å²) in [6.07, 6.45) is 2.70. The number of nitrogens with zero attached hydrogens (tertiary/aromatic N) is 5. The Balaban J connectivity index is 1.31. The van der Waals surface area contributed by atoms with E-state index < -0.39 is 0 Å². The van der Waals surface area contributed by atoms with Crippen molar-refractivity contribution in [3.05, 3.63) is 64.1 Å². The number of nitrogens with one attached hydrogen (secondary N) is 1. The second-order valence-corrected chi connectivity index (χ2v) is 6.53. The van der Waals surface area contributed by atoms with E-state index in [4.69, 9.17) is 4.74 Å². The number of hydrogen-bond acceptors (Lipinski definition) is 7. The molecule has 138 valence electrons. The molecule has 8 nitrogen and oxygen atoms in total. The summed E-state index contributed by atoms with van der Waals surface area (Å²) >= 11 is 0. The molecule has 27 heavy (non-hydrogen) atoms. The first-order valence-electron chi connectivity index (χ1n) is 8.83. The molecule has 0 aliphatic carbocycles. The van der Waals surface area contributed by atoms with E-state index in [9.17, 15) is 4.79 Å². The van der Waals surface area contributed by atoms with Crippen LogP contribution < -0.4 is 5.32 Å². The Labute approximate surface area is 156 Å². The summed E-state index contributed by atoms with van der Waals surface area (Å²) in [5, 5.41) is 15.3. The predicted octanol–water partition coefficient (Wildman–Crippen LogP) is 1.68. The third kappa shape index (κ3) is 3.56. The van der Waals surface area contributed by atoms with Crippen molar-refractivity contribution in [2.75, 3.05) is 6.54 Å². The number of cyclic esters (lactones) is 1. The van der Waals surface area contributed by atoms with Gasteiger partial charge in [-0.1, -0.05) is 12.1 Å². The van der Waals surface area contributed by atoms with Crippen LogP contribution in [0.15, 0.2) is 30.5 Å². The number of hydrogen-bond donors (Lipinski definition) is 1. The molecular formula is C19H20N6O2. The van der Waals surface area contributed by atoms with E-state index in [-0.39, 0.29) is 5.97 Å². The van der Waals surface area contributed by atoms with E-state index in [0.29, 0.717) is 23.8 Å². The van der Waals surface area contributed by atoms with Crippen LogP contribution in [0.5, 0.6) is 0 Å². The van der Waals surface area contributed by atoms with Crippen LogP contribution in [0, 0.1) is 13.8 Å². The molecule has 0 bridgehead atoms. The number of carbonyl (C=O) groups is 1. The van der Waals surface area contributed by atoms with Crippen molar-refractivity contribution in [3.63, 3.8) is 0 Å². The minimum Gasteiger partial charge on any atom is -0.457 e. The Morgan fingerprint density at radius 2 is 2.11 bits per heavy atom. The van der Waals surface area contributed by atoms with E-state index in [1.165, 1.54) is 10.4 Å². The third-order valence-corrected chi connectivity index (χ3v) is 4.71. The molecule has 2 aromatic heterocycles. The highest BCUT2D eigenvalue weighted by atomic mass is 16.5. The van der Waals surface area contributed by atoms with Gasteiger partial charge in [-0.15, -0.1) is 15.0 Å². The summed E-state index contributed by atoms with van der Waals surface area (Å²) in [6.45, 7) is 5.79. The topological polar surface area (TPSA) is 94.8 Å². The Morgan fingerprint density at radius 3 is 2.85 bits per heavy atom. The standard InChI is InChI=1S/C19H20N6O2/c1-12-15(4-5-16-17(12)11-27-19(16)26)7-8-20-9-14-3-6-18(21-10-14)25-23-13(2)22-24-25/h3-6,10,20H,7-9,11H2,1-2H3. The maximum atomic E-state index is 11.6. The highest BCUT2D eigenvalue weighted by Crippen LogP contribution is 2.25. The van der Waals surface area contributed by atoms with Gasteiger partial charge < -0.3 is 10.1 Å². The number of ether oxygens (including phenoxy) is 1. The quantitative estimate of drug-likeness (QED) is 0.525. The lowest BCUT2D eigenvalue weighted by Gasteiger charge is -2.10. The molecule has 0 unspecified atom stereocenters. The largest absolute Gasteiger partial charge is 0.457 e. The van der Waals surface area contributed by atoms with Crippen molar-refractivity contribution in [1.29, 1.82) is 0 Å². The average Bonchev–Trinajstić information content (AvgIpc) is 3.27. The first-order valence-corrected chi connectivity index (χ1v) is 8.83. The number of rotatable bonds is 6. The van der Waals surface area contributed by atoms with Gasteiger partial charge in [-0.25, -0.2) is 9.78 Å². The predicted molar refractivity (Wildman–Crippen MR) is 97.4 cm³/mol. The second-order valence-electron chi connectivity index (χ2n) is 6.53. The summed E-state index contributed by atoms with van der Waals surface area (Å²) in [5.74, 6) is 1.04. The van der Waals surface area contributed by atoms with Gasteiger partial charge in [0.1, 0.15) is 6.61 Å². The van der Waals surface area contributed by atoms with Gasteiger partial charge in [0.15, 0.2) is 11.6 Å². The van der Waals surface area contributed by atoms with Gasteiger partial charge in [-0.05, 0) is 60.8 Å². The maximum Gasteiger partial charge on any atom is 0.338 e. The van der Waals surface area contributed by atoms with Crippen LogP contribution >= 0.6 is 0 Å². The van der Waals surface area contributed by atoms with E-state index >= 15 is 0 Å². The fraction of sp³-hybridized carbons (Fsp3) is 0.316. The van der Waals surface area contributed by atoms with Crippen LogP contribution in [0.25, 0.3) is 5.82 Å². The van der Waals surface area contributed by atoms with Crippen molar-refractivity contribution in [2.24, 2.45) is 0 Å². The smallest absolute Gasteiger partial charge is 0.338 e. The van der Waals surface area contributed by atoms with Crippen molar-refractivity contribution >= 4 is 5.97 Å². The van der Waals surface area contributed by atoms with Crippen LogP contribution in [0.1, 0.15) is 38.4 Å². The molecule has 0 saturated carbocycles. The first-order chi connectivity index (χ1) is 13.1. The lowest BCUT2D eigenvalue weighted by atomic mass is 9.97. The molecule has 8 heteroatoms. The molecular weight excluding hydrogens is 344 g/mol. The van der Waals surface area contributed by atoms with E-state index in [1.807, 2.05) is 30.5 Å². The SMILES string of the molecule is Cc1nnn(-c2ccc(CNCCc3ccc4c(c3C)COC4=O)cn2)n1. The highest BCUT2D eigenvalue weighted by Gasteiger charge is 2.23. The zero-order valence-corrected chi connectivity index (χ0v) is 15.3. The highest BCUT2D eigenvalue weighted by molar-refractivity contribution is 5.93. The van der Waals surface area contributed by atoms with E-state index in [2.05, 4.69) is 32.6 Å². The molecule has 0 spiro atoms. The first kappa shape index (κ1) is 17.3. The molecule has 1 aliphatic heterocycles. The van der Waals surface area contributed by atoms with Gasteiger partial charge in [0, 0.05) is 18.3 Å². The Morgan fingerprint density at radius 1 is 1.22 bits per heavy atom. The monoisotopic (exact) mass is 364 g/mol. The minimum absolute atomic E-state index is 0.218. The van der Waals surface area contributed by atoms with Crippen molar-refractivity contribution in [1.82, 2.24) is 30.5 Å². The van der Waals surface area contributed by atoms with E-state index in [0.717, 1.165) is 36.2 Å². The number of aryl methyl sites for hydroxylation is 1. The summed E-state index contributed by atoms with van der Waals surface area (Å²) in [4.78, 5) is 17.4. The molecule has 0 radical (unpaired) electrons. The Hall–Kier alpha value is -3.13. The van der Waals surface area contributed by atoms with Gasteiger partial charge in [0.2, 0.25) is 0 Å². The fourth-order valence-electron chi connectivity index (χ4n) is 3.15. The van der Waals surface area contributed by atoms with Crippen LogP contribution in [-0.2, 0) is 24.3 Å². The minimum atomic E-state index is -0.218. The number of carbonyl (C=O) groups excluding carboxylic acids is 1. The number of fused-ring (bicyclic) bond motifs is 1. The van der Waals surface area contributed by atoms with Gasteiger partial charge in [0.05, 0.1) is 5.56 Å². The molecule has 0 atom stereocenters. The van der Waals surface area contributed by atoms with Crippen LogP contribution in [0.4, 0.5) is 0 Å². The van der Waals surface area contributed by atoms with Crippen LogP contribution in [-0.4, -0.2) is 37.7 Å². The molecule has 0 saturated heterocycles. The molecule has 1 N–H and O–H groups in total. The van der Waals surface area contributed by atoms with Crippen molar-refractivity contribution in [2.45, 2.75) is 33.4 Å².